The number of carbonyl (C=O) groups is 1. The van der Waals surface area contributed by atoms with E-state index in [9.17, 15) is 9.59 Å². The molecule has 8 heteroatoms. The van der Waals surface area contributed by atoms with Gasteiger partial charge < -0.3 is 4.74 Å². The number of hydrogen-bond acceptors (Lipinski definition) is 5. The Morgan fingerprint density at radius 2 is 1.71 bits per heavy atom. The van der Waals surface area contributed by atoms with Gasteiger partial charge in [0.2, 0.25) is 0 Å². The number of aryl methyl sites for hydroxylation is 2. The lowest BCUT2D eigenvalue weighted by molar-refractivity contribution is 0.0465. The first kappa shape index (κ1) is 20.8. The van der Waals surface area contributed by atoms with Crippen molar-refractivity contribution in [2.75, 3.05) is 0 Å². The topological polar surface area (TPSA) is 79.0 Å². The predicted molar refractivity (Wildman–Crippen MR) is 119 cm³/mol. The van der Waals surface area contributed by atoms with Gasteiger partial charge in [0.25, 0.3) is 5.56 Å². The SMILES string of the molecule is CCCn1nc(C(=O)OCc2c(C)nn(-c3ccccc3)c2Cl)c2ccccc2c1=O. The lowest BCUT2D eigenvalue weighted by Gasteiger charge is -2.10. The number of nitrogens with zero attached hydrogens (tertiary/aromatic N) is 4. The molecule has 7 nitrogen and oxygen atoms in total. The Hall–Kier alpha value is -3.45. The number of aromatic nitrogens is 4. The van der Waals surface area contributed by atoms with Crippen molar-refractivity contribution in [3.05, 3.63) is 87.1 Å². The minimum Gasteiger partial charge on any atom is -0.456 e. The fraction of sp³-hybridized carbons (Fsp3) is 0.217. The highest BCUT2D eigenvalue weighted by molar-refractivity contribution is 6.30. The second-order valence-electron chi connectivity index (χ2n) is 7.10. The van der Waals surface area contributed by atoms with Crippen LogP contribution in [0.5, 0.6) is 0 Å². The molecule has 0 N–H and O–H groups in total. The van der Waals surface area contributed by atoms with Crippen molar-refractivity contribution in [1.82, 2.24) is 19.6 Å². The number of halogens is 1. The molecule has 0 bridgehead atoms. The summed E-state index contributed by atoms with van der Waals surface area (Å²) in [6.45, 7) is 4.11. The fourth-order valence-corrected chi connectivity index (χ4v) is 3.72. The first-order valence-electron chi connectivity index (χ1n) is 9.97. The van der Waals surface area contributed by atoms with E-state index in [0.717, 1.165) is 5.69 Å². The van der Waals surface area contributed by atoms with E-state index in [-0.39, 0.29) is 17.9 Å². The molecule has 158 valence electrons. The number of rotatable bonds is 6. The standard InChI is InChI=1S/C23H21ClN4O3/c1-3-13-27-22(29)18-12-8-7-11-17(18)20(26-27)23(30)31-14-19-15(2)25-28(21(19)24)16-9-5-4-6-10-16/h4-12H,3,13-14H2,1-2H3. The van der Waals surface area contributed by atoms with Crippen LogP contribution in [-0.4, -0.2) is 25.5 Å². The molecule has 0 aliphatic heterocycles. The molecule has 4 aromatic rings. The molecule has 0 amide bonds. The van der Waals surface area contributed by atoms with Crippen molar-refractivity contribution in [3.63, 3.8) is 0 Å². The van der Waals surface area contributed by atoms with Crippen LogP contribution in [0.25, 0.3) is 16.5 Å². The van der Waals surface area contributed by atoms with Crippen LogP contribution in [0.4, 0.5) is 0 Å². The highest BCUT2D eigenvalue weighted by atomic mass is 35.5. The van der Waals surface area contributed by atoms with Crippen LogP contribution in [0, 0.1) is 6.92 Å². The van der Waals surface area contributed by atoms with Gasteiger partial charge in [-0.3, -0.25) is 4.79 Å². The maximum atomic E-state index is 12.9. The molecule has 0 fully saturated rings. The zero-order chi connectivity index (χ0) is 22.0. The quantitative estimate of drug-likeness (QED) is 0.421. The molecule has 0 radical (unpaired) electrons. The van der Waals surface area contributed by atoms with Gasteiger partial charge in [-0.05, 0) is 31.5 Å². The van der Waals surface area contributed by atoms with Gasteiger partial charge in [-0.1, -0.05) is 54.9 Å². The van der Waals surface area contributed by atoms with Gasteiger partial charge in [0.15, 0.2) is 5.69 Å². The molecule has 0 atom stereocenters. The van der Waals surface area contributed by atoms with Gasteiger partial charge >= 0.3 is 5.97 Å². The van der Waals surface area contributed by atoms with Crippen LogP contribution >= 0.6 is 11.6 Å². The highest BCUT2D eigenvalue weighted by Gasteiger charge is 2.21. The monoisotopic (exact) mass is 436 g/mol. The Morgan fingerprint density at radius 1 is 1.03 bits per heavy atom. The molecule has 0 aliphatic carbocycles. The summed E-state index contributed by atoms with van der Waals surface area (Å²) in [6, 6.07) is 16.4. The molecular formula is C23H21ClN4O3. The van der Waals surface area contributed by atoms with Gasteiger partial charge in [-0.2, -0.15) is 10.2 Å². The normalized spacial score (nSPS) is 11.1. The summed E-state index contributed by atoms with van der Waals surface area (Å²) < 4.78 is 8.47. The van der Waals surface area contributed by atoms with E-state index >= 15 is 0 Å². The average molecular weight is 437 g/mol. The van der Waals surface area contributed by atoms with E-state index in [0.29, 0.717) is 40.1 Å². The van der Waals surface area contributed by atoms with Gasteiger partial charge in [0, 0.05) is 17.5 Å². The molecule has 0 saturated heterocycles. The largest absolute Gasteiger partial charge is 0.456 e. The van der Waals surface area contributed by atoms with Gasteiger partial charge in [0.05, 0.1) is 16.8 Å². The van der Waals surface area contributed by atoms with Crippen LogP contribution < -0.4 is 5.56 Å². The number of ether oxygens (including phenoxy) is 1. The molecular weight excluding hydrogens is 416 g/mol. The summed E-state index contributed by atoms with van der Waals surface area (Å²) >= 11 is 6.52. The molecule has 4 rings (SSSR count). The molecule has 0 saturated carbocycles. The fourth-order valence-electron chi connectivity index (χ4n) is 3.39. The Bertz CT molecular complexity index is 1310. The summed E-state index contributed by atoms with van der Waals surface area (Å²) in [5, 5.41) is 10.0. The van der Waals surface area contributed by atoms with E-state index < -0.39 is 5.97 Å². The Labute approximate surface area is 183 Å². The Kier molecular flexibility index (Phi) is 5.86. The van der Waals surface area contributed by atoms with Crippen molar-refractivity contribution >= 4 is 28.3 Å². The first-order chi connectivity index (χ1) is 15.0. The number of fused-ring (bicyclic) bond motifs is 1. The van der Waals surface area contributed by atoms with Crippen LogP contribution in [0.15, 0.2) is 59.4 Å². The second kappa shape index (κ2) is 8.73. The molecule has 2 aromatic carbocycles. The van der Waals surface area contributed by atoms with Crippen LogP contribution in [0.3, 0.4) is 0 Å². The average Bonchev–Trinajstić information content (AvgIpc) is 3.08. The van der Waals surface area contributed by atoms with Gasteiger partial charge in [0.1, 0.15) is 11.8 Å². The van der Waals surface area contributed by atoms with Crippen molar-refractivity contribution in [1.29, 1.82) is 0 Å². The summed E-state index contributed by atoms with van der Waals surface area (Å²) in [5.74, 6) is -0.621. The summed E-state index contributed by atoms with van der Waals surface area (Å²) in [6.07, 6.45) is 0.715. The summed E-state index contributed by atoms with van der Waals surface area (Å²) in [4.78, 5) is 25.5. The number of esters is 1. The minimum absolute atomic E-state index is 0.0563. The lowest BCUT2D eigenvalue weighted by Crippen LogP contribution is -2.26. The maximum absolute atomic E-state index is 12.9. The smallest absolute Gasteiger partial charge is 0.359 e. The molecule has 2 heterocycles. The number of hydrogen-bond donors (Lipinski definition) is 0. The highest BCUT2D eigenvalue weighted by Crippen LogP contribution is 2.25. The zero-order valence-electron chi connectivity index (χ0n) is 17.2. The van der Waals surface area contributed by atoms with Crippen molar-refractivity contribution in [2.45, 2.75) is 33.4 Å². The van der Waals surface area contributed by atoms with E-state index in [1.807, 2.05) is 44.2 Å². The van der Waals surface area contributed by atoms with Crippen molar-refractivity contribution in [2.24, 2.45) is 0 Å². The third kappa shape index (κ3) is 3.96. The molecule has 31 heavy (non-hydrogen) atoms. The van der Waals surface area contributed by atoms with E-state index in [1.165, 1.54) is 4.68 Å². The molecule has 2 aromatic heterocycles. The van der Waals surface area contributed by atoms with Gasteiger partial charge in [-0.25, -0.2) is 14.2 Å². The van der Waals surface area contributed by atoms with E-state index in [1.54, 1.807) is 28.9 Å². The summed E-state index contributed by atoms with van der Waals surface area (Å²) in [7, 11) is 0. The first-order valence-corrected chi connectivity index (χ1v) is 10.4. The van der Waals surface area contributed by atoms with Crippen LogP contribution in [0.1, 0.15) is 35.1 Å². The lowest BCUT2D eigenvalue weighted by atomic mass is 10.1. The van der Waals surface area contributed by atoms with E-state index in [4.69, 9.17) is 16.3 Å². The molecule has 0 aliphatic rings. The third-order valence-corrected chi connectivity index (χ3v) is 5.35. The Morgan fingerprint density at radius 3 is 2.42 bits per heavy atom. The molecule has 0 unspecified atom stereocenters. The number of para-hydroxylation sites is 1. The number of benzene rings is 2. The maximum Gasteiger partial charge on any atom is 0.359 e. The third-order valence-electron chi connectivity index (χ3n) is 4.97. The number of carbonyl (C=O) groups excluding carboxylic acids is 1. The van der Waals surface area contributed by atoms with Crippen LogP contribution in [0.2, 0.25) is 5.15 Å². The van der Waals surface area contributed by atoms with E-state index in [2.05, 4.69) is 10.2 Å². The predicted octanol–water partition coefficient (Wildman–Crippen LogP) is 4.31. The summed E-state index contributed by atoms with van der Waals surface area (Å²) in [5.41, 5.74) is 1.97. The zero-order valence-corrected chi connectivity index (χ0v) is 18.0. The minimum atomic E-state index is -0.621. The van der Waals surface area contributed by atoms with Crippen molar-refractivity contribution in [3.8, 4) is 5.69 Å². The second-order valence-corrected chi connectivity index (χ2v) is 7.46. The van der Waals surface area contributed by atoms with Crippen molar-refractivity contribution < 1.29 is 9.53 Å². The van der Waals surface area contributed by atoms with Gasteiger partial charge in [-0.15, -0.1) is 0 Å². The molecule has 0 spiro atoms. The Balaban J connectivity index is 1.65. The van der Waals surface area contributed by atoms with Crippen LogP contribution in [-0.2, 0) is 17.9 Å².